The Labute approximate surface area is 158 Å². The first-order chi connectivity index (χ1) is 12.1. The van der Waals surface area contributed by atoms with Crippen molar-refractivity contribution in [3.05, 3.63) is 0 Å². The molecule has 0 saturated carbocycles. The fraction of sp³-hybridized carbons (Fsp3) is 0.950. The Bertz CT molecular complexity index is 510. The molecule has 1 N–H and O–H groups in total. The molecule has 0 aromatic carbocycles. The van der Waals surface area contributed by atoms with Crippen molar-refractivity contribution in [1.82, 2.24) is 5.06 Å². The molecule has 0 bridgehead atoms. The van der Waals surface area contributed by atoms with Gasteiger partial charge in [0, 0.05) is 24.7 Å². The Morgan fingerprint density at radius 1 is 1.15 bits per heavy atom. The van der Waals surface area contributed by atoms with Gasteiger partial charge in [0.1, 0.15) is 0 Å². The van der Waals surface area contributed by atoms with Gasteiger partial charge in [0.25, 0.3) is 0 Å². The van der Waals surface area contributed by atoms with Crippen molar-refractivity contribution in [3.63, 3.8) is 0 Å². The highest BCUT2D eigenvalue weighted by Crippen LogP contribution is 2.54. The van der Waals surface area contributed by atoms with Crippen LogP contribution in [0, 0.1) is 11.3 Å². The Balaban J connectivity index is 2.41. The number of hydrogen-bond donors (Lipinski definition) is 1. The second-order valence-electron chi connectivity index (χ2n) is 8.74. The van der Waals surface area contributed by atoms with Gasteiger partial charge in [-0.3, -0.25) is 4.79 Å². The predicted molar refractivity (Wildman–Crippen MR) is 99.2 cm³/mol. The predicted octanol–water partition coefficient (Wildman–Crippen LogP) is 3.28. The summed E-state index contributed by atoms with van der Waals surface area (Å²) in [5, 5.41) is 11.7. The monoisotopic (exact) mass is 371 g/mol. The number of aliphatic hydroxyl groups is 1. The molecule has 2 heterocycles. The second-order valence-corrected chi connectivity index (χ2v) is 8.74. The van der Waals surface area contributed by atoms with Crippen molar-refractivity contribution in [2.75, 3.05) is 19.8 Å². The molecule has 0 aromatic rings. The number of carbonyl (C=O) groups is 1. The zero-order valence-corrected chi connectivity index (χ0v) is 17.6. The van der Waals surface area contributed by atoms with E-state index in [9.17, 15) is 9.90 Å². The van der Waals surface area contributed by atoms with E-state index in [4.69, 9.17) is 14.3 Å². The molecule has 3 unspecified atom stereocenters. The Kier molecular flexibility index (Phi) is 6.13. The fourth-order valence-electron chi connectivity index (χ4n) is 4.48. The maximum Gasteiger partial charge on any atom is 0.322 e. The summed E-state index contributed by atoms with van der Waals surface area (Å²) in [6.45, 7) is 15.1. The van der Waals surface area contributed by atoms with Crippen LogP contribution in [0.1, 0.15) is 74.1 Å². The maximum absolute atomic E-state index is 11.8. The molecular weight excluding hydrogens is 334 g/mol. The molecule has 3 atom stereocenters. The molecule has 0 radical (unpaired) electrons. The van der Waals surface area contributed by atoms with Crippen LogP contribution in [-0.2, 0) is 19.1 Å². The van der Waals surface area contributed by atoms with Crippen LogP contribution in [0.4, 0.5) is 0 Å². The molecule has 6 heteroatoms. The van der Waals surface area contributed by atoms with E-state index in [1.54, 1.807) is 0 Å². The van der Waals surface area contributed by atoms with Gasteiger partial charge in [0.05, 0.1) is 30.9 Å². The molecule has 6 nitrogen and oxygen atoms in total. The molecule has 2 aliphatic rings. The van der Waals surface area contributed by atoms with Crippen LogP contribution < -0.4 is 0 Å². The van der Waals surface area contributed by atoms with E-state index in [0.717, 1.165) is 19.3 Å². The molecule has 1 spiro atoms. The van der Waals surface area contributed by atoms with Crippen LogP contribution in [0.25, 0.3) is 0 Å². The number of ether oxygens (including phenoxy) is 2. The number of piperidine rings is 1. The van der Waals surface area contributed by atoms with Gasteiger partial charge in [-0.15, -0.1) is 5.06 Å². The molecule has 2 fully saturated rings. The third kappa shape index (κ3) is 3.30. The fourth-order valence-corrected chi connectivity index (χ4v) is 4.48. The van der Waals surface area contributed by atoms with E-state index in [0.29, 0.717) is 19.6 Å². The first-order valence-corrected chi connectivity index (χ1v) is 9.94. The van der Waals surface area contributed by atoms with Crippen molar-refractivity contribution in [2.45, 2.75) is 91.0 Å². The average molecular weight is 372 g/mol. The second kappa shape index (κ2) is 7.38. The quantitative estimate of drug-likeness (QED) is 0.800. The minimum atomic E-state index is -0.736. The van der Waals surface area contributed by atoms with Crippen molar-refractivity contribution in [2.24, 2.45) is 11.3 Å². The van der Waals surface area contributed by atoms with Gasteiger partial charge in [0.15, 0.2) is 5.79 Å². The molecule has 0 aromatic heterocycles. The van der Waals surface area contributed by atoms with Crippen LogP contribution in [-0.4, -0.2) is 52.8 Å². The summed E-state index contributed by atoms with van der Waals surface area (Å²) in [5.74, 6) is -1.05. The van der Waals surface area contributed by atoms with Crippen LogP contribution in [0.15, 0.2) is 0 Å². The van der Waals surface area contributed by atoms with Gasteiger partial charge in [0.2, 0.25) is 0 Å². The third-order valence-electron chi connectivity index (χ3n) is 7.20. The Morgan fingerprint density at radius 2 is 1.73 bits per heavy atom. The minimum Gasteiger partial charge on any atom is -0.396 e. The first-order valence-electron chi connectivity index (χ1n) is 9.94. The van der Waals surface area contributed by atoms with Gasteiger partial charge >= 0.3 is 5.97 Å². The number of hydrogen-bond acceptors (Lipinski definition) is 6. The van der Waals surface area contributed by atoms with Crippen LogP contribution in [0.2, 0.25) is 0 Å². The van der Waals surface area contributed by atoms with Gasteiger partial charge in [-0.2, -0.15) is 0 Å². The zero-order valence-electron chi connectivity index (χ0n) is 17.6. The lowest BCUT2D eigenvalue weighted by atomic mass is 9.66. The smallest absolute Gasteiger partial charge is 0.322 e. The highest BCUT2D eigenvalue weighted by molar-refractivity contribution is 5.65. The van der Waals surface area contributed by atoms with Crippen molar-refractivity contribution in [3.8, 4) is 0 Å². The molecule has 2 saturated heterocycles. The largest absolute Gasteiger partial charge is 0.396 e. The van der Waals surface area contributed by atoms with E-state index in [-0.39, 0.29) is 23.9 Å². The van der Waals surface area contributed by atoms with E-state index in [2.05, 4.69) is 41.5 Å². The molecular formula is C20H37NO5. The summed E-state index contributed by atoms with van der Waals surface area (Å²) >= 11 is 0. The van der Waals surface area contributed by atoms with Crippen molar-refractivity contribution >= 4 is 5.97 Å². The van der Waals surface area contributed by atoms with Crippen LogP contribution >= 0.6 is 0 Å². The molecule has 2 rings (SSSR count). The molecule has 2 aliphatic heterocycles. The van der Waals surface area contributed by atoms with Crippen molar-refractivity contribution in [1.29, 1.82) is 0 Å². The number of aliphatic hydroxyl groups excluding tert-OH is 1. The van der Waals surface area contributed by atoms with E-state index in [1.807, 2.05) is 5.06 Å². The average Bonchev–Trinajstić information content (AvgIpc) is 2.64. The standard InChI is InChI=1S/C20H37NO5/c1-8-17(6)11-20(24-13-19(10-3,12-22)14-25-20)15(4)18(7,9-2)21(17)26-16(5)23/h15,22H,8-14H2,1-7H3. The number of carbonyl (C=O) groups excluding carboxylic acids is 1. The summed E-state index contributed by atoms with van der Waals surface area (Å²) in [4.78, 5) is 17.5. The van der Waals surface area contributed by atoms with Crippen LogP contribution in [0.3, 0.4) is 0 Å². The summed E-state index contributed by atoms with van der Waals surface area (Å²) in [6, 6.07) is 0. The van der Waals surface area contributed by atoms with E-state index >= 15 is 0 Å². The van der Waals surface area contributed by atoms with E-state index < -0.39 is 16.9 Å². The van der Waals surface area contributed by atoms with Crippen LogP contribution in [0.5, 0.6) is 0 Å². The van der Waals surface area contributed by atoms with Gasteiger partial charge in [-0.1, -0.05) is 27.7 Å². The van der Waals surface area contributed by atoms with Gasteiger partial charge in [-0.05, 0) is 33.1 Å². The number of nitrogens with zero attached hydrogens (tertiary/aromatic N) is 1. The number of rotatable bonds is 5. The minimum absolute atomic E-state index is 0.00692. The lowest BCUT2D eigenvalue weighted by Crippen LogP contribution is -2.74. The Morgan fingerprint density at radius 3 is 2.12 bits per heavy atom. The SMILES string of the molecule is CCC1(CO)COC2(CC(C)(CC)N(OC(C)=O)C(C)(CC)C2C)OC1. The lowest BCUT2D eigenvalue weighted by molar-refractivity contribution is -0.403. The maximum atomic E-state index is 11.8. The number of hydroxylamine groups is 2. The normalized spacial score (nSPS) is 44.2. The summed E-state index contributed by atoms with van der Waals surface area (Å²) in [7, 11) is 0. The summed E-state index contributed by atoms with van der Waals surface area (Å²) in [6.07, 6.45) is 3.02. The molecule has 152 valence electrons. The first kappa shape index (κ1) is 21.6. The van der Waals surface area contributed by atoms with E-state index in [1.165, 1.54) is 6.92 Å². The van der Waals surface area contributed by atoms with Gasteiger partial charge in [-0.25, -0.2) is 0 Å². The molecule has 0 amide bonds. The highest BCUT2D eigenvalue weighted by Gasteiger charge is 2.64. The topological polar surface area (TPSA) is 68.2 Å². The summed E-state index contributed by atoms with van der Waals surface area (Å²) < 4.78 is 12.8. The summed E-state index contributed by atoms with van der Waals surface area (Å²) in [5.41, 5.74) is -1.14. The Hall–Kier alpha value is -0.690. The molecule has 0 aliphatic carbocycles. The zero-order chi connectivity index (χ0) is 19.8. The highest BCUT2D eigenvalue weighted by atomic mass is 16.7. The van der Waals surface area contributed by atoms with Gasteiger partial charge < -0.3 is 19.4 Å². The lowest BCUT2D eigenvalue weighted by Gasteiger charge is -2.63. The third-order valence-corrected chi connectivity index (χ3v) is 7.20. The molecule has 26 heavy (non-hydrogen) atoms. The van der Waals surface area contributed by atoms with Crippen molar-refractivity contribution < 1.29 is 24.2 Å².